The number of fused-ring (bicyclic) bond motifs is 2. The van der Waals surface area contributed by atoms with E-state index in [0.717, 1.165) is 32.8 Å². The minimum atomic E-state index is -0.989. The molecule has 2 aromatic heterocycles. The van der Waals surface area contributed by atoms with E-state index >= 15 is 0 Å². The van der Waals surface area contributed by atoms with Gasteiger partial charge in [-0.1, -0.05) is 42.5 Å². The molecule has 6 rings (SSSR count). The van der Waals surface area contributed by atoms with Crippen LogP contribution in [0.5, 0.6) is 11.5 Å². The highest BCUT2D eigenvalue weighted by atomic mass is 16.5. The Hall–Kier alpha value is -5.43. The first kappa shape index (κ1) is 25.8. The minimum absolute atomic E-state index is 0.199. The van der Waals surface area contributed by atoms with Crippen LogP contribution in [0.3, 0.4) is 0 Å². The summed E-state index contributed by atoms with van der Waals surface area (Å²) < 4.78 is 8.29. The van der Waals surface area contributed by atoms with Crippen LogP contribution >= 0.6 is 0 Å². The number of hydrogen-bond donors (Lipinski definition) is 2. The lowest BCUT2D eigenvalue weighted by Gasteiger charge is -2.17. The molecule has 6 aromatic rings. The van der Waals surface area contributed by atoms with Gasteiger partial charge in [0.25, 0.3) is 5.91 Å². The van der Waals surface area contributed by atoms with E-state index in [1.54, 1.807) is 36.5 Å². The largest absolute Gasteiger partial charge is 0.478 e. The van der Waals surface area contributed by atoms with Crippen LogP contribution in [0.1, 0.15) is 44.8 Å². The van der Waals surface area contributed by atoms with Gasteiger partial charge in [-0.15, -0.1) is 0 Å². The second-order valence-electron chi connectivity index (χ2n) is 9.91. The van der Waals surface area contributed by atoms with Crippen LogP contribution in [0.15, 0.2) is 116 Å². The normalized spacial score (nSPS) is 11.8. The zero-order chi connectivity index (χ0) is 28.3. The van der Waals surface area contributed by atoms with Gasteiger partial charge in [0.1, 0.15) is 11.5 Å². The van der Waals surface area contributed by atoms with Crippen molar-refractivity contribution in [3.63, 3.8) is 0 Å². The summed E-state index contributed by atoms with van der Waals surface area (Å²) in [5.41, 5.74) is 3.36. The number of para-hydroxylation sites is 1. The summed E-state index contributed by atoms with van der Waals surface area (Å²) in [5.74, 6) is 0.136. The van der Waals surface area contributed by atoms with Crippen molar-refractivity contribution in [3.8, 4) is 11.5 Å². The van der Waals surface area contributed by atoms with Crippen molar-refractivity contribution in [2.24, 2.45) is 0 Å². The number of aromatic carboxylic acids is 1. The van der Waals surface area contributed by atoms with Gasteiger partial charge in [-0.05, 0) is 78.0 Å². The lowest BCUT2D eigenvalue weighted by Crippen LogP contribution is -2.27. The number of carboxylic acids is 1. The smallest absolute Gasteiger partial charge is 0.335 e. The molecule has 1 atom stereocenters. The molecule has 4 aromatic carbocycles. The van der Waals surface area contributed by atoms with Crippen LogP contribution in [0, 0.1) is 0 Å². The monoisotopic (exact) mass is 541 g/mol. The summed E-state index contributed by atoms with van der Waals surface area (Å²) in [5, 5.41) is 15.3. The molecule has 0 radical (unpaired) electrons. The van der Waals surface area contributed by atoms with E-state index in [-0.39, 0.29) is 17.5 Å². The number of ether oxygens (including phenoxy) is 1. The van der Waals surface area contributed by atoms with Gasteiger partial charge < -0.3 is 19.7 Å². The molecule has 2 N–H and O–H groups in total. The maximum Gasteiger partial charge on any atom is 0.335 e. The van der Waals surface area contributed by atoms with Crippen molar-refractivity contribution in [1.82, 2.24) is 14.9 Å². The van der Waals surface area contributed by atoms with Crippen LogP contribution < -0.4 is 10.1 Å². The van der Waals surface area contributed by atoms with Gasteiger partial charge in [0, 0.05) is 35.9 Å². The van der Waals surface area contributed by atoms with Crippen LogP contribution in [-0.4, -0.2) is 26.5 Å². The van der Waals surface area contributed by atoms with Crippen molar-refractivity contribution >= 4 is 33.6 Å². The zero-order valence-corrected chi connectivity index (χ0v) is 22.3. The van der Waals surface area contributed by atoms with Gasteiger partial charge in [0.2, 0.25) is 0 Å². The topological polar surface area (TPSA) is 93.5 Å². The first-order chi connectivity index (χ1) is 20.0. The fourth-order valence-corrected chi connectivity index (χ4v) is 5.02. The SMILES string of the molecule is C[C@H](NC(=O)c1ccc(Oc2ccccc2)c2ccn(Cc3ccc4ccncc4c3)c12)c1ccc(C(=O)O)cc1. The van der Waals surface area contributed by atoms with Gasteiger partial charge in [0.05, 0.1) is 22.7 Å². The second-order valence-corrected chi connectivity index (χ2v) is 9.91. The quantitative estimate of drug-likeness (QED) is 0.212. The molecule has 0 aliphatic carbocycles. The number of carboxylic acid groups (broad SMARTS) is 1. The maximum atomic E-state index is 13.7. The minimum Gasteiger partial charge on any atom is -0.478 e. The Morgan fingerprint density at radius 2 is 1.73 bits per heavy atom. The fraction of sp³-hybridized carbons (Fsp3) is 0.0882. The lowest BCUT2D eigenvalue weighted by molar-refractivity contribution is 0.0696. The summed E-state index contributed by atoms with van der Waals surface area (Å²) >= 11 is 0. The molecule has 1 amide bonds. The third-order valence-corrected chi connectivity index (χ3v) is 7.16. The van der Waals surface area contributed by atoms with Crippen molar-refractivity contribution in [2.75, 3.05) is 0 Å². The number of carbonyl (C=O) groups excluding carboxylic acids is 1. The number of carbonyl (C=O) groups is 2. The Morgan fingerprint density at radius 1 is 0.927 bits per heavy atom. The summed E-state index contributed by atoms with van der Waals surface area (Å²) in [7, 11) is 0. The summed E-state index contributed by atoms with van der Waals surface area (Å²) in [4.78, 5) is 29.2. The summed E-state index contributed by atoms with van der Waals surface area (Å²) in [6, 6.07) is 29.6. The van der Waals surface area contributed by atoms with Crippen molar-refractivity contribution in [2.45, 2.75) is 19.5 Å². The third kappa shape index (κ3) is 5.38. The summed E-state index contributed by atoms with van der Waals surface area (Å²) in [6.07, 6.45) is 5.60. The van der Waals surface area contributed by atoms with E-state index < -0.39 is 5.97 Å². The Balaban J connectivity index is 1.36. The number of hydrogen-bond acceptors (Lipinski definition) is 4. The fourth-order valence-electron chi connectivity index (χ4n) is 5.02. The molecule has 0 saturated heterocycles. The molecule has 7 nitrogen and oxygen atoms in total. The Labute approximate surface area is 236 Å². The van der Waals surface area contributed by atoms with Gasteiger partial charge in [-0.2, -0.15) is 0 Å². The number of rotatable bonds is 8. The first-order valence-electron chi connectivity index (χ1n) is 13.3. The maximum absolute atomic E-state index is 13.7. The van der Waals surface area contributed by atoms with E-state index in [1.165, 1.54) is 0 Å². The van der Waals surface area contributed by atoms with Gasteiger partial charge in [-0.25, -0.2) is 4.79 Å². The molecule has 0 saturated carbocycles. The highest BCUT2D eigenvalue weighted by molar-refractivity contribution is 6.08. The van der Waals surface area contributed by atoms with E-state index in [9.17, 15) is 14.7 Å². The second kappa shape index (κ2) is 11.0. The predicted octanol–water partition coefficient (Wildman–Crippen LogP) is 7.22. The van der Waals surface area contributed by atoms with Crippen molar-refractivity contribution < 1.29 is 19.4 Å². The highest BCUT2D eigenvalue weighted by Gasteiger charge is 2.20. The number of amides is 1. The lowest BCUT2D eigenvalue weighted by atomic mass is 10.0. The number of benzene rings is 4. The highest BCUT2D eigenvalue weighted by Crippen LogP contribution is 2.34. The number of nitrogens with zero attached hydrogens (tertiary/aromatic N) is 2. The molecule has 2 heterocycles. The van der Waals surface area contributed by atoms with Crippen molar-refractivity contribution in [3.05, 3.63) is 138 Å². The molecular weight excluding hydrogens is 514 g/mol. The number of aromatic nitrogens is 2. The van der Waals surface area contributed by atoms with Crippen LogP contribution in [-0.2, 0) is 6.54 Å². The molecular formula is C34H27N3O4. The van der Waals surface area contributed by atoms with Crippen LogP contribution in [0.4, 0.5) is 0 Å². The number of nitrogens with one attached hydrogen (secondary N) is 1. The Morgan fingerprint density at radius 3 is 2.51 bits per heavy atom. The molecule has 0 bridgehead atoms. The summed E-state index contributed by atoms with van der Waals surface area (Å²) in [6.45, 7) is 2.43. The van der Waals surface area contributed by atoms with Crippen LogP contribution in [0.25, 0.3) is 21.7 Å². The molecule has 7 heteroatoms. The third-order valence-electron chi connectivity index (χ3n) is 7.16. The molecule has 41 heavy (non-hydrogen) atoms. The predicted molar refractivity (Wildman–Crippen MR) is 159 cm³/mol. The molecule has 0 spiro atoms. The Kier molecular flexibility index (Phi) is 6.92. The van der Waals surface area contributed by atoms with E-state index in [1.807, 2.05) is 67.8 Å². The standard InChI is InChI=1S/C34H27N3O4/c1-22(24-9-11-26(12-10-24)34(39)40)36-33(38)30-13-14-31(41-28-5-3-2-4-6-28)29-16-18-37(32(29)30)21-23-7-8-25-15-17-35-20-27(25)19-23/h2-20,22H,21H2,1H3,(H,36,38)(H,39,40)/t22-/m0/s1. The zero-order valence-electron chi connectivity index (χ0n) is 22.3. The average molecular weight is 542 g/mol. The average Bonchev–Trinajstić information content (AvgIpc) is 3.41. The van der Waals surface area contributed by atoms with Gasteiger partial charge >= 0.3 is 5.97 Å². The molecule has 0 fully saturated rings. The Bertz CT molecular complexity index is 1880. The van der Waals surface area contributed by atoms with Gasteiger partial charge in [0.15, 0.2) is 0 Å². The molecule has 0 aliphatic heterocycles. The number of pyridine rings is 1. The molecule has 202 valence electrons. The van der Waals surface area contributed by atoms with E-state index in [0.29, 0.717) is 23.6 Å². The van der Waals surface area contributed by atoms with E-state index in [2.05, 4.69) is 33.1 Å². The first-order valence-corrected chi connectivity index (χ1v) is 13.3. The van der Waals surface area contributed by atoms with Gasteiger partial charge in [-0.3, -0.25) is 9.78 Å². The molecule has 0 unspecified atom stereocenters. The van der Waals surface area contributed by atoms with Crippen molar-refractivity contribution in [1.29, 1.82) is 0 Å². The molecule has 0 aliphatic rings. The van der Waals surface area contributed by atoms with E-state index in [4.69, 9.17) is 4.74 Å². The van der Waals surface area contributed by atoms with Crippen LogP contribution in [0.2, 0.25) is 0 Å².